The van der Waals surface area contributed by atoms with Gasteiger partial charge >= 0.3 is 0 Å². The molecule has 2 heteroatoms. The lowest BCUT2D eigenvalue weighted by molar-refractivity contribution is 1.66. The summed E-state index contributed by atoms with van der Waals surface area (Å²) in [5.74, 6) is 0. The maximum atomic E-state index is 2.36. The summed E-state index contributed by atoms with van der Waals surface area (Å²) in [7, 11) is 0. The Labute approximate surface area is 130 Å². The summed E-state index contributed by atoms with van der Waals surface area (Å²) in [6.07, 6.45) is 0. The zero-order valence-corrected chi connectivity index (χ0v) is 13.1. The van der Waals surface area contributed by atoms with Crippen LogP contribution in [0.3, 0.4) is 0 Å². The number of benzene rings is 3. The number of thiophene rings is 2. The predicted molar refractivity (Wildman–Crippen MR) is 97.0 cm³/mol. The molecule has 0 amide bonds. The zero-order valence-electron chi connectivity index (χ0n) is 11.5. The van der Waals surface area contributed by atoms with E-state index >= 15 is 0 Å². The molecule has 0 saturated heterocycles. The lowest BCUT2D eigenvalue weighted by atomic mass is 9.99. The van der Waals surface area contributed by atoms with E-state index in [1.165, 1.54) is 46.6 Å². The van der Waals surface area contributed by atoms with Gasteiger partial charge in [-0.1, -0.05) is 12.1 Å². The molecule has 0 N–H and O–H groups in total. The average molecular weight is 304 g/mol. The highest BCUT2D eigenvalue weighted by Crippen LogP contribution is 2.36. The van der Waals surface area contributed by atoms with Crippen molar-refractivity contribution in [3.8, 4) is 0 Å². The van der Waals surface area contributed by atoms with Crippen LogP contribution in [-0.2, 0) is 0 Å². The molecule has 0 aliphatic rings. The fourth-order valence-electron chi connectivity index (χ4n) is 3.25. The summed E-state index contributed by atoms with van der Waals surface area (Å²) in [4.78, 5) is 1.38. The lowest BCUT2D eigenvalue weighted by Crippen LogP contribution is -1.78. The third kappa shape index (κ3) is 1.60. The van der Waals surface area contributed by atoms with Crippen LogP contribution in [0.4, 0.5) is 0 Å². The zero-order chi connectivity index (χ0) is 14.0. The SMILES string of the molecule is Cc1cc2c(ccc3cc4c(ccc5sccc54)cc32)s1. The molecular formula is C19H12S2. The molecule has 0 fully saturated rings. The number of rotatable bonds is 0. The second kappa shape index (κ2) is 4.06. The highest BCUT2D eigenvalue weighted by molar-refractivity contribution is 7.19. The van der Waals surface area contributed by atoms with E-state index in [2.05, 4.69) is 60.8 Å². The molecule has 0 unspecified atom stereocenters. The van der Waals surface area contributed by atoms with Gasteiger partial charge in [-0.15, -0.1) is 22.7 Å². The summed E-state index contributed by atoms with van der Waals surface area (Å²) in [5.41, 5.74) is 0. The van der Waals surface area contributed by atoms with E-state index in [0.717, 1.165) is 0 Å². The predicted octanol–water partition coefficient (Wildman–Crippen LogP) is 6.73. The van der Waals surface area contributed by atoms with Crippen molar-refractivity contribution in [2.75, 3.05) is 0 Å². The van der Waals surface area contributed by atoms with E-state index in [1.54, 1.807) is 0 Å². The van der Waals surface area contributed by atoms with Gasteiger partial charge in [0.25, 0.3) is 0 Å². The van der Waals surface area contributed by atoms with Crippen molar-refractivity contribution in [1.29, 1.82) is 0 Å². The van der Waals surface area contributed by atoms with Crippen molar-refractivity contribution < 1.29 is 0 Å². The van der Waals surface area contributed by atoms with Gasteiger partial charge in [-0.2, -0.15) is 0 Å². The van der Waals surface area contributed by atoms with Gasteiger partial charge in [0.05, 0.1) is 0 Å². The monoisotopic (exact) mass is 304 g/mol. The molecule has 0 bridgehead atoms. The number of hydrogen-bond donors (Lipinski definition) is 0. The van der Waals surface area contributed by atoms with E-state index < -0.39 is 0 Å². The Hall–Kier alpha value is -1.90. The molecule has 0 atom stereocenters. The van der Waals surface area contributed by atoms with Gasteiger partial charge in [0.15, 0.2) is 0 Å². The highest BCUT2D eigenvalue weighted by Gasteiger charge is 2.07. The van der Waals surface area contributed by atoms with Crippen LogP contribution >= 0.6 is 22.7 Å². The van der Waals surface area contributed by atoms with Crippen molar-refractivity contribution in [2.45, 2.75) is 6.92 Å². The summed E-state index contributed by atoms with van der Waals surface area (Å²) >= 11 is 3.69. The maximum absolute atomic E-state index is 2.36. The van der Waals surface area contributed by atoms with Crippen LogP contribution in [0.1, 0.15) is 4.88 Å². The summed E-state index contributed by atoms with van der Waals surface area (Å²) < 4.78 is 2.75. The van der Waals surface area contributed by atoms with Crippen molar-refractivity contribution in [3.63, 3.8) is 0 Å². The largest absolute Gasteiger partial charge is 0.144 e. The van der Waals surface area contributed by atoms with E-state index in [1.807, 2.05) is 22.7 Å². The van der Waals surface area contributed by atoms with E-state index in [4.69, 9.17) is 0 Å². The van der Waals surface area contributed by atoms with Gasteiger partial charge in [-0.25, -0.2) is 0 Å². The molecule has 0 spiro atoms. The molecule has 3 aromatic carbocycles. The number of fused-ring (bicyclic) bond motifs is 6. The normalized spacial score (nSPS) is 12.0. The molecule has 100 valence electrons. The number of hydrogen-bond acceptors (Lipinski definition) is 2. The first-order chi connectivity index (χ1) is 10.3. The average Bonchev–Trinajstić information content (AvgIpc) is 3.10. The van der Waals surface area contributed by atoms with Crippen molar-refractivity contribution in [1.82, 2.24) is 0 Å². The summed E-state index contributed by atoms with van der Waals surface area (Å²) in [6, 6.07) is 18.3. The standard InChI is InChI=1S/C19H12S2/c1-11-8-17-16-10-12-2-4-18-14(6-7-20-18)15(12)9-13(16)3-5-19(17)21-11/h2-10H,1H3. The number of aryl methyl sites for hydroxylation is 1. The molecule has 0 aliphatic heterocycles. The Kier molecular flexibility index (Phi) is 2.27. The molecule has 5 aromatic rings. The van der Waals surface area contributed by atoms with E-state index in [9.17, 15) is 0 Å². The van der Waals surface area contributed by atoms with Crippen LogP contribution in [0.2, 0.25) is 0 Å². The molecule has 2 heterocycles. The molecule has 2 aromatic heterocycles. The minimum atomic E-state index is 1.34. The second-order valence-electron chi connectivity index (χ2n) is 5.53. The summed E-state index contributed by atoms with van der Waals surface area (Å²) in [6.45, 7) is 2.19. The lowest BCUT2D eigenvalue weighted by Gasteiger charge is -2.05. The summed E-state index contributed by atoms with van der Waals surface area (Å²) in [5, 5.41) is 10.4. The van der Waals surface area contributed by atoms with Crippen LogP contribution in [0, 0.1) is 6.92 Å². The minimum Gasteiger partial charge on any atom is -0.144 e. The van der Waals surface area contributed by atoms with Gasteiger partial charge in [-0.05, 0) is 70.2 Å². The quantitative estimate of drug-likeness (QED) is 0.278. The fourth-order valence-corrected chi connectivity index (χ4v) is 4.99. The molecule has 0 aliphatic carbocycles. The van der Waals surface area contributed by atoms with Crippen LogP contribution in [0.15, 0.2) is 53.9 Å². The third-order valence-electron chi connectivity index (χ3n) is 4.21. The molecule has 0 nitrogen and oxygen atoms in total. The van der Waals surface area contributed by atoms with Crippen molar-refractivity contribution in [3.05, 3.63) is 58.8 Å². The smallest absolute Gasteiger partial charge is 0.0352 e. The van der Waals surface area contributed by atoms with E-state index in [-0.39, 0.29) is 0 Å². The molecular weight excluding hydrogens is 292 g/mol. The minimum absolute atomic E-state index is 1.34. The molecule has 5 rings (SSSR count). The van der Waals surface area contributed by atoms with E-state index in [0.29, 0.717) is 0 Å². The second-order valence-corrected chi connectivity index (χ2v) is 7.76. The van der Waals surface area contributed by atoms with Crippen LogP contribution in [-0.4, -0.2) is 0 Å². The molecule has 0 saturated carbocycles. The topological polar surface area (TPSA) is 0 Å². The van der Waals surface area contributed by atoms with Gasteiger partial charge in [-0.3, -0.25) is 0 Å². The van der Waals surface area contributed by atoms with Gasteiger partial charge in [0, 0.05) is 25.0 Å². The van der Waals surface area contributed by atoms with Crippen LogP contribution in [0.25, 0.3) is 41.7 Å². The van der Waals surface area contributed by atoms with Crippen molar-refractivity contribution >= 4 is 64.4 Å². The molecule has 0 radical (unpaired) electrons. The Morgan fingerprint density at radius 3 is 2.19 bits per heavy atom. The van der Waals surface area contributed by atoms with Gasteiger partial charge in [0.2, 0.25) is 0 Å². The Morgan fingerprint density at radius 2 is 1.38 bits per heavy atom. The maximum Gasteiger partial charge on any atom is 0.0352 e. The molecule has 21 heavy (non-hydrogen) atoms. The third-order valence-corrected chi connectivity index (χ3v) is 6.11. The van der Waals surface area contributed by atoms with Crippen LogP contribution in [0.5, 0.6) is 0 Å². The first-order valence-corrected chi connectivity index (χ1v) is 8.72. The first-order valence-electron chi connectivity index (χ1n) is 7.02. The van der Waals surface area contributed by atoms with Crippen LogP contribution < -0.4 is 0 Å². The first kappa shape index (κ1) is 11.7. The highest BCUT2D eigenvalue weighted by atomic mass is 32.1. The Bertz CT molecular complexity index is 1140. The Morgan fingerprint density at radius 1 is 0.667 bits per heavy atom. The van der Waals surface area contributed by atoms with Crippen molar-refractivity contribution in [2.24, 2.45) is 0 Å². The van der Waals surface area contributed by atoms with Gasteiger partial charge in [0.1, 0.15) is 0 Å². The van der Waals surface area contributed by atoms with Gasteiger partial charge < -0.3 is 0 Å². The fraction of sp³-hybridized carbons (Fsp3) is 0.0526. The Balaban J connectivity index is 2.03.